The number of aromatic nitrogens is 2. The fourth-order valence-electron chi connectivity index (χ4n) is 3.09. The average Bonchev–Trinajstić information content (AvgIpc) is 2.26. The summed E-state index contributed by atoms with van der Waals surface area (Å²) >= 11 is 0. The molecule has 1 saturated carbocycles. The average molecular weight is 188 g/mol. The van der Waals surface area contributed by atoms with Crippen molar-refractivity contribution in [2.24, 2.45) is 11.8 Å². The highest BCUT2D eigenvalue weighted by molar-refractivity contribution is 5.21. The van der Waals surface area contributed by atoms with E-state index in [-0.39, 0.29) is 0 Å². The molecule has 0 aliphatic heterocycles. The second-order valence-electron chi connectivity index (χ2n) is 4.71. The van der Waals surface area contributed by atoms with Gasteiger partial charge in [0.1, 0.15) is 6.33 Å². The Hall–Kier alpha value is -0.920. The van der Waals surface area contributed by atoms with Crippen LogP contribution < -0.4 is 0 Å². The van der Waals surface area contributed by atoms with Gasteiger partial charge in [-0.2, -0.15) is 0 Å². The molecule has 14 heavy (non-hydrogen) atoms. The van der Waals surface area contributed by atoms with Crippen molar-refractivity contribution in [2.45, 2.75) is 38.5 Å². The molecule has 0 spiro atoms. The van der Waals surface area contributed by atoms with Crippen LogP contribution in [-0.2, 0) is 12.8 Å². The van der Waals surface area contributed by atoms with Crippen molar-refractivity contribution >= 4 is 0 Å². The molecular formula is C12H16N2. The van der Waals surface area contributed by atoms with Gasteiger partial charge in [0, 0.05) is 11.9 Å². The zero-order chi connectivity index (χ0) is 9.38. The topological polar surface area (TPSA) is 25.8 Å². The Morgan fingerprint density at radius 2 is 1.86 bits per heavy atom. The molecule has 1 unspecified atom stereocenters. The first-order chi connectivity index (χ1) is 6.93. The number of fused-ring (bicyclic) bond motifs is 2. The van der Waals surface area contributed by atoms with Crippen LogP contribution in [0.2, 0.25) is 0 Å². The maximum Gasteiger partial charge on any atom is 0.115 e. The molecule has 1 aromatic heterocycles. The zero-order valence-electron chi connectivity index (χ0n) is 8.45. The summed E-state index contributed by atoms with van der Waals surface area (Å²) in [5.41, 5.74) is 2.74. The van der Waals surface area contributed by atoms with Crippen LogP contribution in [0, 0.1) is 11.8 Å². The van der Waals surface area contributed by atoms with E-state index in [4.69, 9.17) is 0 Å². The molecule has 2 heteroatoms. The summed E-state index contributed by atoms with van der Waals surface area (Å²) in [7, 11) is 0. The first kappa shape index (κ1) is 8.39. The van der Waals surface area contributed by atoms with Crippen molar-refractivity contribution in [3.63, 3.8) is 0 Å². The molecule has 2 atom stereocenters. The van der Waals surface area contributed by atoms with Crippen LogP contribution in [0.3, 0.4) is 0 Å². The quantitative estimate of drug-likeness (QED) is 0.624. The van der Waals surface area contributed by atoms with E-state index in [9.17, 15) is 0 Å². The summed E-state index contributed by atoms with van der Waals surface area (Å²) in [5, 5.41) is 0. The van der Waals surface area contributed by atoms with Crippen LogP contribution in [0.4, 0.5) is 0 Å². The van der Waals surface area contributed by atoms with Crippen LogP contribution in [0.1, 0.15) is 36.9 Å². The molecule has 74 valence electrons. The Balaban J connectivity index is 1.91. The van der Waals surface area contributed by atoms with Gasteiger partial charge in [-0.05, 0) is 43.1 Å². The van der Waals surface area contributed by atoms with Crippen LogP contribution in [0.15, 0.2) is 12.5 Å². The Labute approximate surface area is 84.8 Å². The minimum atomic E-state index is 0.922. The Morgan fingerprint density at radius 3 is 2.71 bits per heavy atom. The van der Waals surface area contributed by atoms with Crippen LogP contribution in [0.5, 0.6) is 0 Å². The second-order valence-corrected chi connectivity index (χ2v) is 4.71. The van der Waals surface area contributed by atoms with Crippen molar-refractivity contribution in [1.29, 1.82) is 0 Å². The van der Waals surface area contributed by atoms with E-state index in [1.807, 2.05) is 6.20 Å². The van der Waals surface area contributed by atoms with E-state index < -0.39 is 0 Å². The van der Waals surface area contributed by atoms with Gasteiger partial charge in [-0.15, -0.1) is 0 Å². The van der Waals surface area contributed by atoms with Gasteiger partial charge in [0.25, 0.3) is 0 Å². The van der Waals surface area contributed by atoms with Gasteiger partial charge in [0.15, 0.2) is 0 Å². The lowest BCUT2D eigenvalue weighted by molar-refractivity contribution is 0.218. The minimum Gasteiger partial charge on any atom is -0.245 e. The van der Waals surface area contributed by atoms with E-state index in [0.29, 0.717) is 0 Å². The molecule has 0 saturated heterocycles. The van der Waals surface area contributed by atoms with Crippen molar-refractivity contribution < 1.29 is 0 Å². The summed E-state index contributed by atoms with van der Waals surface area (Å²) in [5.74, 6) is 1.85. The predicted molar refractivity (Wildman–Crippen MR) is 54.9 cm³/mol. The monoisotopic (exact) mass is 188 g/mol. The molecule has 3 rings (SSSR count). The van der Waals surface area contributed by atoms with Gasteiger partial charge in [-0.3, -0.25) is 0 Å². The predicted octanol–water partition coefficient (Wildman–Crippen LogP) is 2.38. The standard InChI is InChI=1S/C12H16N2/c1-2-4-10-6-12-11(5-9(10)3-1)7-13-8-14-12/h7-10H,1-6H2/t9?,10-/m0/s1. The number of hydrogen-bond donors (Lipinski definition) is 0. The molecule has 2 aliphatic carbocycles. The molecule has 2 aliphatic rings. The maximum atomic E-state index is 4.40. The van der Waals surface area contributed by atoms with E-state index in [1.54, 1.807) is 6.33 Å². The van der Waals surface area contributed by atoms with Gasteiger partial charge in [0.2, 0.25) is 0 Å². The summed E-state index contributed by atoms with van der Waals surface area (Å²) in [6, 6.07) is 0. The third-order valence-electron chi connectivity index (χ3n) is 3.89. The molecular weight excluding hydrogens is 172 g/mol. The van der Waals surface area contributed by atoms with E-state index in [0.717, 1.165) is 11.8 Å². The van der Waals surface area contributed by atoms with E-state index in [2.05, 4.69) is 9.97 Å². The van der Waals surface area contributed by atoms with Gasteiger partial charge >= 0.3 is 0 Å². The van der Waals surface area contributed by atoms with Gasteiger partial charge in [-0.25, -0.2) is 9.97 Å². The van der Waals surface area contributed by atoms with Crippen molar-refractivity contribution in [3.05, 3.63) is 23.8 Å². The largest absolute Gasteiger partial charge is 0.245 e. The molecule has 2 nitrogen and oxygen atoms in total. The lowest BCUT2D eigenvalue weighted by Crippen LogP contribution is -2.29. The van der Waals surface area contributed by atoms with Crippen molar-refractivity contribution in [3.8, 4) is 0 Å². The first-order valence-electron chi connectivity index (χ1n) is 5.71. The molecule has 1 aromatic rings. The summed E-state index contributed by atoms with van der Waals surface area (Å²) < 4.78 is 0. The molecule has 1 fully saturated rings. The highest BCUT2D eigenvalue weighted by Crippen LogP contribution is 2.38. The Morgan fingerprint density at radius 1 is 1.07 bits per heavy atom. The fourth-order valence-corrected chi connectivity index (χ4v) is 3.09. The molecule has 0 N–H and O–H groups in total. The van der Waals surface area contributed by atoms with Gasteiger partial charge < -0.3 is 0 Å². The van der Waals surface area contributed by atoms with E-state index >= 15 is 0 Å². The normalized spacial score (nSPS) is 30.6. The number of rotatable bonds is 0. The number of hydrogen-bond acceptors (Lipinski definition) is 2. The second kappa shape index (κ2) is 3.34. The van der Waals surface area contributed by atoms with Crippen molar-refractivity contribution in [2.75, 3.05) is 0 Å². The highest BCUT2D eigenvalue weighted by Gasteiger charge is 2.30. The Kier molecular flexibility index (Phi) is 2.00. The molecule has 0 amide bonds. The lowest BCUT2D eigenvalue weighted by atomic mass is 9.70. The maximum absolute atomic E-state index is 4.40. The van der Waals surface area contributed by atoms with Crippen molar-refractivity contribution in [1.82, 2.24) is 9.97 Å². The number of nitrogens with zero attached hydrogens (tertiary/aromatic N) is 2. The summed E-state index contributed by atoms with van der Waals surface area (Å²) in [6.07, 6.45) is 11.9. The third kappa shape index (κ3) is 1.33. The molecule has 0 aromatic carbocycles. The fraction of sp³-hybridized carbons (Fsp3) is 0.667. The van der Waals surface area contributed by atoms with E-state index in [1.165, 1.54) is 49.8 Å². The third-order valence-corrected chi connectivity index (χ3v) is 3.89. The first-order valence-corrected chi connectivity index (χ1v) is 5.71. The minimum absolute atomic E-state index is 0.922. The van der Waals surface area contributed by atoms with Gasteiger partial charge in [0.05, 0.1) is 0 Å². The summed E-state index contributed by atoms with van der Waals surface area (Å²) in [4.78, 5) is 8.52. The van der Waals surface area contributed by atoms with Crippen LogP contribution >= 0.6 is 0 Å². The molecule has 1 heterocycles. The zero-order valence-corrected chi connectivity index (χ0v) is 8.45. The van der Waals surface area contributed by atoms with Crippen LogP contribution in [0.25, 0.3) is 0 Å². The Bertz CT molecular complexity index is 302. The lowest BCUT2D eigenvalue weighted by Gasteiger charge is -2.35. The van der Waals surface area contributed by atoms with Gasteiger partial charge in [-0.1, -0.05) is 12.8 Å². The summed E-state index contributed by atoms with van der Waals surface area (Å²) in [6.45, 7) is 0. The molecule has 0 bridgehead atoms. The highest BCUT2D eigenvalue weighted by atomic mass is 14.8. The van der Waals surface area contributed by atoms with Crippen LogP contribution in [-0.4, -0.2) is 9.97 Å². The smallest absolute Gasteiger partial charge is 0.115 e. The molecule has 0 radical (unpaired) electrons. The SMILES string of the molecule is c1ncc2c(n1)C[C@@H]1CCCCC1C2.